The second kappa shape index (κ2) is 6.49. The van der Waals surface area contributed by atoms with Gasteiger partial charge in [-0.2, -0.15) is 0 Å². The minimum atomic E-state index is -0.547. The summed E-state index contributed by atoms with van der Waals surface area (Å²) in [5, 5.41) is 1.000. The number of nitrogens with zero attached hydrogens (tertiary/aromatic N) is 1. The molecule has 1 aliphatic heterocycles. The molecule has 104 valence electrons. The molecule has 1 heterocycles. The van der Waals surface area contributed by atoms with E-state index in [9.17, 15) is 4.79 Å². The summed E-state index contributed by atoms with van der Waals surface area (Å²) in [5.41, 5.74) is 0. The molecule has 0 saturated carbocycles. The second-order valence-corrected chi connectivity index (χ2v) is 5.56. The number of halogens is 2. The van der Waals surface area contributed by atoms with Gasteiger partial charge in [-0.25, -0.2) is 0 Å². The van der Waals surface area contributed by atoms with Crippen molar-refractivity contribution in [2.45, 2.75) is 32.3 Å². The minimum Gasteiger partial charge on any atom is -0.479 e. The summed E-state index contributed by atoms with van der Waals surface area (Å²) in [5.74, 6) is 0.461. The number of hydrogen-bond acceptors (Lipinski definition) is 2. The van der Waals surface area contributed by atoms with Crippen LogP contribution in [0, 0.1) is 0 Å². The molecule has 0 unspecified atom stereocenters. The molecule has 0 bridgehead atoms. The van der Waals surface area contributed by atoms with E-state index in [2.05, 4.69) is 0 Å². The number of rotatable bonds is 3. The zero-order valence-electron chi connectivity index (χ0n) is 10.9. The molecule has 0 radical (unpaired) electrons. The smallest absolute Gasteiger partial charge is 0.263 e. The van der Waals surface area contributed by atoms with Crippen molar-refractivity contribution in [2.75, 3.05) is 13.1 Å². The first-order valence-electron chi connectivity index (χ1n) is 6.48. The number of hydrogen-bond donors (Lipinski definition) is 0. The lowest BCUT2D eigenvalue weighted by Gasteiger charge is -2.29. The molecule has 0 N–H and O–H groups in total. The molecule has 1 aromatic carbocycles. The van der Waals surface area contributed by atoms with Crippen LogP contribution in [0.25, 0.3) is 0 Å². The van der Waals surface area contributed by atoms with Crippen molar-refractivity contribution < 1.29 is 9.53 Å². The Labute approximate surface area is 123 Å². The molecule has 1 amide bonds. The van der Waals surface area contributed by atoms with Crippen molar-refractivity contribution in [3.05, 3.63) is 28.2 Å². The summed E-state index contributed by atoms with van der Waals surface area (Å²) >= 11 is 11.9. The molecular weight excluding hydrogens is 285 g/mol. The molecular formula is C14H17Cl2NO2. The Morgan fingerprint density at radius 2 is 1.95 bits per heavy atom. The van der Waals surface area contributed by atoms with E-state index < -0.39 is 6.10 Å². The average molecular weight is 302 g/mol. The largest absolute Gasteiger partial charge is 0.479 e. The van der Waals surface area contributed by atoms with Gasteiger partial charge < -0.3 is 9.64 Å². The van der Waals surface area contributed by atoms with Crippen LogP contribution >= 0.6 is 23.2 Å². The molecule has 1 aromatic rings. The fourth-order valence-electron chi connectivity index (χ4n) is 2.18. The van der Waals surface area contributed by atoms with Gasteiger partial charge in [-0.1, -0.05) is 23.2 Å². The second-order valence-electron chi connectivity index (χ2n) is 4.72. The molecule has 0 aliphatic carbocycles. The monoisotopic (exact) mass is 301 g/mol. The lowest BCUT2D eigenvalue weighted by Crippen LogP contribution is -2.43. The van der Waals surface area contributed by atoms with Gasteiger partial charge in [-0.15, -0.1) is 0 Å². The van der Waals surface area contributed by atoms with Crippen molar-refractivity contribution >= 4 is 29.1 Å². The van der Waals surface area contributed by atoms with Gasteiger partial charge in [-0.05, 0) is 38.3 Å². The highest BCUT2D eigenvalue weighted by atomic mass is 35.5. The third kappa shape index (κ3) is 3.77. The van der Waals surface area contributed by atoms with E-state index in [1.54, 1.807) is 25.1 Å². The Balaban J connectivity index is 2.01. The topological polar surface area (TPSA) is 29.5 Å². The van der Waals surface area contributed by atoms with Gasteiger partial charge in [-0.3, -0.25) is 4.79 Å². The Morgan fingerprint density at radius 1 is 1.26 bits per heavy atom. The van der Waals surface area contributed by atoms with Gasteiger partial charge in [0.2, 0.25) is 0 Å². The highest BCUT2D eigenvalue weighted by Crippen LogP contribution is 2.28. The first-order chi connectivity index (χ1) is 9.08. The van der Waals surface area contributed by atoms with Crippen molar-refractivity contribution in [1.29, 1.82) is 0 Å². The van der Waals surface area contributed by atoms with Gasteiger partial charge in [0.1, 0.15) is 5.75 Å². The van der Waals surface area contributed by atoms with Gasteiger partial charge in [0.15, 0.2) is 6.10 Å². The SMILES string of the molecule is C[C@@H](Oc1cc(Cl)ccc1Cl)C(=O)N1CCCCC1. The summed E-state index contributed by atoms with van der Waals surface area (Å²) in [7, 11) is 0. The molecule has 2 rings (SSSR count). The van der Waals surface area contributed by atoms with Crippen LogP contribution in [0.15, 0.2) is 18.2 Å². The maximum atomic E-state index is 12.2. The molecule has 0 spiro atoms. The summed E-state index contributed by atoms with van der Waals surface area (Å²) < 4.78 is 5.63. The van der Waals surface area contributed by atoms with Gasteiger partial charge >= 0.3 is 0 Å². The van der Waals surface area contributed by atoms with Gasteiger partial charge in [0.25, 0.3) is 5.91 Å². The number of benzene rings is 1. The van der Waals surface area contributed by atoms with E-state index >= 15 is 0 Å². The van der Waals surface area contributed by atoms with E-state index in [1.807, 2.05) is 4.90 Å². The Hall–Kier alpha value is -0.930. The van der Waals surface area contributed by atoms with E-state index in [0.29, 0.717) is 15.8 Å². The van der Waals surface area contributed by atoms with Gasteiger partial charge in [0, 0.05) is 24.2 Å². The zero-order valence-corrected chi connectivity index (χ0v) is 12.4. The molecule has 1 saturated heterocycles. The Kier molecular flexibility index (Phi) is 4.94. The third-order valence-electron chi connectivity index (χ3n) is 3.21. The van der Waals surface area contributed by atoms with Crippen molar-refractivity contribution in [1.82, 2.24) is 4.90 Å². The molecule has 1 fully saturated rings. The molecule has 1 atom stereocenters. The molecule has 19 heavy (non-hydrogen) atoms. The van der Waals surface area contributed by atoms with Crippen molar-refractivity contribution in [3.63, 3.8) is 0 Å². The average Bonchev–Trinajstić information content (AvgIpc) is 2.43. The summed E-state index contributed by atoms with van der Waals surface area (Å²) in [6.07, 6.45) is 2.78. The standard InChI is InChI=1S/C14H17Cl2NO2/c1-10(14(18)17-7-3-2-4-8-17)19-13-9-11(15)5-6-12(13)16/h5-6,9-10H,2-4,7-8H2,1H3/t10-/m1/s1. The van der Waals surface area contributed by atoms with E-state index in [1.165, 1.54) is 6.42 Å². The number of piperidine rings is 1. The molecule has 5 heteroatoms. The van der Waals surface area contributed by atoms with Crippen LogP contribution in [-0.4, -0.2) is 30.0 Å². The van der Waals surface area contributed by atoms with E-state index in [4.69, 9.17) is 27.9 Å². The maximum Gasteiger partial charge on any atom is 0.263 e. The third-order valence-corrected chi connectivity index (χ3v) is 3.76. The summed E-state index contributed by atoms with van der Waals surface area (Å²) in [6.45, 7) is 3.37. The summed E-state index contributed by atoms with van der Waals surface area (Å²) in [4.78, 5) is 14.1. The highest BCUT2D eigenvalue weighted by molar-refractivity contribution is 6.34. The predicted octanol–water partition coefficient (Wildman–Crippen LogP) is 3.77. The molecule has 1 aliphatic rings. The van der Waals surface area contributed by atoms with Crippen LogP contribution in [0.2, 0.25) is 10.0 Å². The zero-order chi connectivity index (χ0) is 13.8. The van der Waals surface area contributed by atoms with Crippen molar-refractivity contribution in [3.8, 4) is 5.75 Å². The molecule has 0 aromatic heterocycles. The molecule has 3 nitrogen and oxygen atoms in total. The normalized spacial score (nSPS) is 17.1. The fraction of sp³-hybridized carbons (Fsp3) is 0.500. The van der Waals surface area contributed by atoms with Crippen LogP contribution in [0.1, 0.15) is 26.2 Å². The Bertz CT molecular complexity index is 459. The minimum absolute atomic E-state index is 0.00995. The highest BCUT2D eigenvalue weighted by Gasteiger charge is 2.24. The van der Waals surface area contributed by atoms with Crippen molar-refractivity contribution in [2.24, 2.45) is 0 Å². The maximum absolute atomic E-state index is 12.2. The number of likely N-dealkylation sites (tertiary alicyclic amines) is 1. The first-order valence-corrected chi connectivity index (χ1v) is 7.24. The van der Waals surface area contributed by atoms with Crippen LogP contribution < -0.4 is 4.74 Å². The number of carbonyl (C=O) groups excluding carboxylic acids is 1. The van der Waals surface area contributed by atoms with Crippen LogP contribution in [0.3, 0.4) is 0 Å². The predicted molar refractivity (Wildman–Crippen MR) is 77.0 cm³/mol. The fourth-order valence-corrected chi connectivity index (χ4v) is 2.50. The van der Waals surface area contributed by atoms with Crippen LogP contribution in [-0.2, 0) is 4.79 Å². The number of amides is 1. The van der Waals surface area contributed by atoms with Gasteiger partial charge in [0.05, 0.1) is 5.02 Å². The number of carbonyl (C=O) groups is 1. The number of ether oxygens (including phenoxy) is 1. The lowest BCUT2D eigenvalue weighted by molar-refractivity contribution is -0.138. The quantitative estimate of drug-likeness (QED) is 0.850. The van der Waals surface area contributed by atoms with E-state index in [0.717, 1.165) is 25.9 Å². The van der Waals surface area contributed by atoms with E-state index in [-0.39, 0.29) is 5.91 Å². The lowest BCUT2D eigenvalue weighted by atomic mass is 10.1. The summed E-state index contributed by atoms with van der Waals surface area (Å²) in [6, 6.07) is 4.98. The Morgan fingerprint density at radius 3 is 2.63 bits per heavy atom. The van der Waals surface area contributed by atoms with Crippen LogP contribution in [0.5, 0.6) is 5.75 Å². The first kappa shape index (κ1) is 14.5. The van der Waals surface area contributed by atoms with Crippen LogP contribution in [0.4, 0.5) is 0 Å².